The van der Waals surface area contributed by atoms with Crippen molar-refractivity contribution < 1.29 is 4.79 Å². The second kappa shape index (κ2) is 9.86. The van der Waals surface area contributed by atoms with Crippen LogP contribution in [0, 0.1) is 5.41 Å². The molecule has 0 bridgehead atoms. The third-order valence-corrected chi connectivity index (χ3v) is 4.77. The average Bonchev–Trinajstić information content (AvgIpc) is 2.52. The molecule has 1 aromatic carbocycles. The van der Waals surface area contributed by atoms with E-state index in [9.17, 15) is 4.79 Å². The van der Waals surface area contributed by atoms with Gasteiger partial charge in [0.2, 0.25) is 5.91 Å². The lowest BCUT2D eigenvalue weighted by Gasteiger charge is -2.41. The highest BCUT2D eigenvalue weighted by Crippen LogP contribution is 2.42. The van der Waals surface area contributed by atoms with Crippen LogP contribution in [-0.2, 0) is 6.54 Å². The van der Waals surface area contributed by atoms with Gasteiger partial charge in [0.05, 0.1) is 6.54 Å². The number of aliphatic imine (C=N–C) groups is 1. The number of halogens is 1. The highest BCUT2D eigenvalue weighted by Gasteiger charge is 2.34. The molecule has 0 heterocycles. The predicted octanol–water partition coefficient (Wildman–Crippen LogP) is 3.04. The summed E-state index contributed by atoms with van der Waals surface area (Å²) in [5, 5.41) is 6.75. The highest BCUT2D eigenvalue weighted by atomic mass is 127. The molecule has 1 saturated carbocycles. The van der Waals surface area contributed by atoms with Crippen LogP contribution in [0.2, 0.25) is 0 Å². The summed E-state index contributed by atoms with van der Waals surface area (Å²) in [6.07, 6.45) is 5.15. The fraction of sp³-hybridized carbons (Fsp3) is 0.556. The fourth-order valence-corrected chi connectivity index (χ4v) is 2.94. The van der Waals surface area contributed by atoms with Gasteiger partial charge in [-0.05, 0) is 49.3 Å². The van der Waals surface area contributed by atoms with E-state index in [-0.39, 0.29) is 24.0 Å². The van der Waals surface area contributed by atoms with E-state index in [4.69, 9.17) is 5.73 Å². The van der Waals surface area contributed by atoms with Crippen LogP contribution in [-0.4, -0.2) is 25.0 Å². The van der Waals surface area contributed by atoms with Crippen LogP contribution in [0.5, 0.6) is 0 Å². The number of hydrogen-bond donors (Lipinski definition) is 3. The van der Waals surface area contributed by atoms with Gasteiger partial charge < -0.3 is 16.4 Å². The molecule has 0 saturated heterocycles. The van der Waals surface area contributed by atoms with Crippen molar-refractivity contribution in [2.75, 3.05) is 13.1 Å². The molecule has 24 heavy (non-hydrogen) atoms. The van der Waals surface area contributed by atoms with Crippen LogP contribution in [0.3, 0.4) is 0 Å². The quantitative estimate of drug-likeness (QED) is 0.344. The first kappa shape index (κ1) is 20.7. The van der Waals surface area contributed by atoms with Gasteiger partial charge in [0.25, 0.3) is 0 Å². The molecule has 0 spiro atoms. The second-order valence-corrected chi connectivity index (χ2v) is 6.32. The minimum atomic E-state index is -0.407. The van der Waals surface area contributed by atoms with E-state index in [0.29, 0.717) is 17.5 Å². The number of nitrogens with one attached hydrogen (secondary N) is 2. The molecule has 0 unspecified atom stereocenters. The van der Waals surface area contributed by atoms with Crippen LogP contribution in [0.25, 0.3) is 0 Å². The molecular weight excluding hydrogens is 415 g/mol. The maximum atomic E-state index is 11.2. The Labute approximate surface area is 161 Å². The standard InChI is InChI=1S/C18H28N4O.HI/c1-3-18(9-6-10-18)13-22-17(20-4-2)21-12-14-7-5-8-15(11-14)16(19)23;/h5,7-8,11H,3-4,6,9-10,12-13H2,1-2H3,(H2,19,23)(H2,20,21,22);1H. The maximum Gasteiger partial charge on any atom is 0.248 e. The van der Waals surface area contributed by atoms with Gasteiger partial charge in [-0.3, -0.25) is 4.79 Å². The minimum Gasteiger partial charge on any atom is -0.366 e. The zero-order valence-corrected chi connectivity index (χ0v) is 16.9. The summed E-state index contributed by atoms with van der Waals surface area (Å²) >= 11 is 0. The molecule has 2 rings (SSSR count). The third kappa shape index (κ3) is 5.65. The Morgan fingerprint density at radius 2 is 2.04 bits per heavy atom. The Bertz CT molecular complexity index is 564. The molecule has 1 amide bonds. The number of amides is 1. The van der Waals surface area contributed by atoms with Gasteiger partial charge in [-0.2, -0.15) is 0 Å². The lowest BCUT2D eigenvalue weighted by atomic mass is 9.67. The van der Waals surface area contributed by atoms with Crippen molar-refractivity contribution in [3.63, 3.8) is 0 Å². The van der Waals surface area contributed by atoms with Crippen LogP contribution in [0.1, 0.15) is 55.5 Å². The summed E-state index contributed by atoms with van der Waals surface area (Å²) in [7, 11) is 0. The number of primary amides is 1. The summed E-state index contributed by atoms with van der Waals surface area (Å²) in [4.78, 5) is 15.9. The Hall–Kier alpha value is -1.31. The molecule has 5 nitrogen and oxygen atoms in total. The first-order chi connectivity index (χ1) is 11.1. The number of hydrogen-bond acceptors (Lipinski definition) is 2. The maximum absolute atomic E-state index is 11.2. The zero-order chi connectivity index (χ0) is 16.7. The number of carbonyl (C=O) groups is 1. The van der Waals surface area contributed by atoms with Gasteiger partial charge in [-0.15, -0.1) is 24.0 Å². The fourth-order valence-electron chi connectivity index (χ4n) is 2.94. The monoisotopic (exact) mass is 444 g/mol. The number of nitrogens with zero attached hydrogens (tertiary/aromatic N) is 1. The van der Waals surface area contributed by atoms with Gasteiger partial charge in [0, 0.05) is 18.7 Å². The Balaban J connectivity index is 0.00000288. The van der Waals surface area contributed by atoms with Crippen molar-refractivity contribution in [1.29, 1.82) is 0 Å². The lowest BCUT2D eigenvalue weighted by molar-refractivity contribution is 0.1000. The number of benzene rings is 1. The van der Waals surface area contributed by atoms with Crippen molar-refractivity contribution in [2.45, 2.75) is 46.1 Å². The summed E-state index contributed by atoms with van der Waals surface area (Å²) < 4.78 is 0. The van der Waals surface area contributed by atoms with Crippen molar-refractivity contribution in [1.82, 2.24) is 10.6 Å². The number of rotatable bonds is 7. The largest absolute Gasteiger partial charge is 0.366 e. The second-order valence-electron chi connectivity index (χ2n) is 6.32. The van der Waals surface area contributed by atoms with E-state index in [0.717, 1.165) is 24.6 Å². The van der Waals surface area contributed by atoms with Crippen LogP contribution < -0.4 is 16.4 Å². The topological polar surface area (TPSA) is 79.5 Å². The van der Waals surface area contributed by atoms with E-state index in [1.807, 2.05) is 12.1 Å². The van der Waals surface area contributed by atoms with Crippen molar-refractivity contribution in [2.24, 2.45) is 16.1 Å². The van der Waals surface area contributed by atoms with Crippen LogP contribution in [0.4, 0.5) is 0 Å². The number of carbonyl (C=O) groups excluding carboxylic acids is 1. The Morgan fingerprint density at radius 3 is 2.58 bits per heavy atom. The predicted molar refractivity (Wildman–Crippen MR) is 110 cm³/mol. The van der Waals surface area contributed by atoms with Gasteiger partial charge in [-0.1, -0.05) is 25.5 Å². The molecule has 1 aliphatic carbocycles. The van der Waals surface area contributed by atoms with E-state index < -0.39 is 5.91 Å². The third-order valence-electron chi connectivity index (χ3n) is 4.77. The lowest BCUT2D eigenvalue weighted by Crippen LogP contribution is -2.46. The molecule has 1 aliphatic rings. The van der Waals surface area contributed by atoms with Crippen LogP contribution in [0.15, 0.2) is 29.3 Å². The molecule has 0 aliphatic heterocycles. The molecule has 0 atom stereocenters. The summed E-state index contributed by atoms with van der Waals surface area (Å²) in [6.45, 7) is 6.64. The first-order valence-corrected chi connectivity index (χ1v) is 8.49. The van der Waals surface area contributed by atoms with Crippen molar-refractivity contribution >= 4 is 35.8 Å². The number of guanidine groups is 1. The molecule has 1 fully saturated rings. The molecule has 0 aromatic heterocycles. The minimum absolute atomic E-state index is 0. The van der Waals surface area contributed by atoms with Gasteiger partial charge in [-0.25, -0.2) is 4.99 Å². The summed E-state index contributed by atoms with van der Waals surface area (Å²) in [5.74, 6) is 0.424. The average molecular weight is 444 g/mol. The SMILES string of the molecule is CCNC(=NCc1cccc(C(N)=O)c1)NCC1(CC)CCC1.I. The van der Waals surface area contributed by atoms with Gasteiger partial charge in [0.1, 0.15) is 0 Å². The molecule has 134 valence electrons. The molecule has 1 aromatic rings. The summed E-state index contributed by atoms with van der Waals surface area (Å²) in [6, 6.07) is 7.32. The molecule has 6 heteroatoms. The van der Waals surface area contributed by atoms with E-state index in [1.54, 1.807) is 12.1 Å². The van der Waals surface area contributed by atoms with E-state index >= 15 is 0 Å². The molecular formula is C18H29IN4O. The highest BCUT2D eigenvalue weighted by molar-refractivity contribution is 14.0. The first-order valence-electron chi connectivity index (χ1n) is 8.49. The van der Waals surface area contributed by atoms with E-state index in [2.05, 4.69) is 29.5 Å². The normalized spacial score (nSPS) is 15.8. The van der Waals surface area contributed by atoms with Gasteiger partial charge in [0.15, 0.2) is 5.96 Å². The smallest absolute Gasteiger partial charge is 0.248 e. The van der Waals surface area contributed by atoms with E-state index in [1.165, 1.54) is 25.7 Å². The molecule has 0 radical (unpaired) electrons. The number of nitrogens with two attached hydrogens (primary N) is 1. The van der Waals surface area contributed by atoms with Crippen molar-refractivity contribution in [3.8, 4) is 0 Å². The Morgan fingerprint density at radius 1 is 1.29 bits per heavy atom. The summed E-state index contributed by atoms with van der Waals surface area (Å²) in [5.41, 5.74) is 7.27. The molecule has 4 N–H and O–H groups in total. The Kier molecular flexibility index (Phi) is 8.52. The van der Waals surface area contributed by atoms with Crippen molar-refractivity contribution in [3.05, 3.63) is 35.4 Å². The van der Waals surface area contributed by atoms with Crippen LogP contribution >= 0.6 is 24.0 Å². The van der Waals surface area contributed by atoms with Gasteiger partial charge >= 0.3 is 0 Å². The zero-order valence-electron chi connectivity index (χ0n) is 14.6.